The number of halogens is 1. The van der Waals surface area contributed by atoms with Gasteiger partial charge in [0, 0.05) is 23.6 Å². The van der Waals surface area contributed by atoms with E-state index < -0.39 is 0 Å². The Morgan fingerprint density at radius 1 is 1.21 bits per heavy atom. The Balaban J connectivity index is 1.37. The number of piperidine rings is 1. The molecule has 0 saturated carbocycles. The van der Waals surface area contributed by atoms with Crippen LogP contribution in [0.5, 0.6) is 0 Å². The fourth-order valence-corrected chi connectivity index (χ4v) is 4.71. The summed E-state index contributed by atoms with van der Waals surface area (Å²) in [5.74, 6) is -0.268. The van der Waals surface area contributed by atoms with Gasteiger partial charge in [0.05, 0.1) is 5.69 Å². The third-order valence-electron chi connectivity index (χ3n) is 5.64. The topological polar surface area (TPSA) is 67.6 Å². The lowest BCUT2D eigenvalue weighted by atomic mass is 9.89. The zero-order valence-electron chi connectivity index (χ0n) is 16.5. The van der Waals surface area contributed by atoms with E-state index in [1.165, 1.54) is 23.5 Å². The number of nitrogens with zero attached hydrogens (tertiary/aromatic N) is 4. The van der Waals surface area contributed by atoms with Crippen molar-refractivity contribution in [3.05, 3.63) is 62.3 Å². The van der Waals surface area contributed by atoms with Crippen molar-refractivity contribution >= 4 is 22.1 Å². The maximum absolute atomic E-state index is 13.1. The van der Waals surface area contributed by atoms with Gasteiger partial charge < -0.3 is 4.90 Å². The van der Waals surface area contributed by atoms with E-state index in [2.05, 4.69) is 15.0 Å². The molecule has 0 bridgehead atoms. The second-order valence-corrected chi connectivity index (χ2v) is 8.69. The van der Waals surface area contributed by atoms with Gasteiger partial charge in [-0.05, 0) is 70.5 Å². The van der Waals surface area contributed by atoms with Crippen molar-refractivity contribution < 1.29 is 9.18 Å². The summed E-state index contributed by atoms with van der Waals surface area (Å²) in [6.45, 7) is 6.19. The number of fused-ring (bicyclic) bond motifs is 1. The number of likely N-dealkylation sites (tertiary alicyclic amines) is 1. The molecule has 1 aliphatic heterocycles. The summed E-state index contributed by atoms with van der Waals surface area (Å²) < 4.78 is 14.8. The lowest BCUT2D eigenvalue weighted by Gasteiger charge is -2.31. The van der Waals surface area contributed by atoms with Gasteiger partial charge in [-0.1, -0.05) is 11.3 Å². The van der Waals surface area contributed by atoms with Gasteiger partial charge in [0.2, 0.25) is 4.96 Å². The van der Waals surface area contributed by atoms with Gasteiger partial charge in [-0.3, -0.25) is 9.59 Å². The minimum absolute atomic E-state index is 0.0277. The Hall–Kier alpha value is -2.45. The van der Waals surface area contributed by atoms with Gasteiger partial charge in [0.15, 0.2) is 5.78 Å². The highest BCUT2D eigenvalue weighted by Crippen LogP contribution is 2.22. The van der Waals surface area contributed by atoms with Gasteiger partial charge in [0.1, 0.15) is 10.8 Å². The quantitative estimate of drug-likeness (QED) is 0.601. The van der Waals surface area contributed by atoms with E-state index in [1.807, 2.05) is 13.8 Å². The largest absolute Gasteiger partial charge is 0.303 e. The molecule has 4 rings (SSSR count). The zero-order chi connectivity index (χ0) is 20.5. The Bertz CT molecular complexity index is 1100. The average molecular weight is 415 g/mol. The number of rotatable bonds is 5. The van der Waals surface area contributed by atoms with Crippen LogP contribution in [-0.4, -0.2) is 44.9 Å². The van der Waals surface area contributed by atoms with Crippen LogP contribution in [0.15, 0.2) is 29.1 Å². The third kappa shape index (κ3) is 4.13. The molecule has 0 aliphatic carbocycles. The molecular weight excluding hydrogens is 391 g/mol. The molecule has 152 valence electrons. The van der Waals surface area contributed by atoms with E-state index in [1.54, 1.807) is 16.6 Å². The van der Waals surface area contributed by atoms with Crippen molar-refractivity contribution in [3.63, 3.8) is 0 Å². The molecule has 1 fully saturated rings. The molecule has 0 spiro atoms. The number of ketones is 1. The molecule has 1 aliphatic rings. The van der Waals surface area contributed by atoms with Crippen LogP contribution in [0.25, 0.3) is 4.96 Å². The maximum Gasteiger partial charge on any atom is 0.277 e. The minimum atomic E-state index is -0.331. The summed E-state index contributed by atoms with van der Waals surface area (Å²) in [5.41, 5.74) is 1.96. The number of carbonyl (C=O) groups excluding carboxylic acids is 1. The second-order valence-electron chi connectivity index (χ2n) is 7.53. The molecular formula is C21H23FN4O2S. The van der Waals surface area contributed by atoms with E-state index in [9.17, 15) is 14.0 Å². The molecule has 1 saturated heterocycles. The van der Waals surface area contributed by atoms with Crippen LogP contribution in [0.3, 0.4) is 0 Å². The highest BCUT2D eigenvalue weighted by molar-refractivity contribution is 7.16. The summed E-state index contributed by atoms with van der Waals surface area (Å²) in [5, 5.41) is 5.31. The Morgan fingerprint density at radius 2 is 1.90 bits per heavy atom. The summed E-state index contributed by atoms with van der Waals surface area (Å²) in [6.07, 6.45) is 2.17. The summed E-state index contributed by atoms with van der Waals surface area (Å²) in [4.78, 5) is 32.1. The van der Waals surface area contributed by atoms with Gasteiger partial charge >= 0.3 is 0 Å². The number of Topliss-reactive ketones (excluding diaryl/α,β-unsaturated/α-hetero) is 1. The first kappa shape index (κ1) is 19.8. The van der Waals surface area contributed by atoms with E-state index in [-0.39, 0.29) is 23.1 Å². The number of aryl methyl sites for hydroxylation is 2. The van der Waals surface area contributed by atoms with E-state index in [0.717, 1.165) is 43.2 Å². The molecule has 3 heterocycles. The van der Waals surface area contributed by atoms with Crippen LogP contribution in [0.2, 0.25) is 0 Å². The highest BCUT2D eigenvalue weighted by atomic mass is 32.1. The Labute approximate surface area is 172 Å². The van der Waals surface area contributed by atoms with Crippen LogP contribution in [0, 0.1) is 25.6 Å². The van der Waals surface area contributed by atoms with Crippen LogP contribution in [0.1, 0.15) is 39.5 Å². The van der Waals surface area contributed by atoms with Crippen molar-refractivity contribution in [3.8, 4) is 0 Å². The average Bonchev–Trinajstić information content (AvgIpc) is 3.08. The maximum atomic E-state index is 13.1. The number of carbonyl (C=O) groups is 1. The summed E-state index contributed by atoms with van der Waals surface area (Å²) >= 11 is 1.41. The monoisotopic (exact) mass is 414 g/mol. The van der Waals surface area contributed by atoms with E-state index >= 15 is 0 Å². The van der Waals surface area contributed by atoms with Crippen LogP contribution < -0.4 is 5.56 Å². The molecule has 0 unspecified atom stereocenters. The molecule has 0 amide bonds. The van der Waals surface area contributed by atoms with Crippen molar-refractivity contribution in [1.82, 2.24) is 19.5 Å². The molecule has 0 N–H and O–H groups in total. The van der Waals surface area contributed by atoms with Crippen molar-refractivity contribution in [2.75, 3.05) is 19.6 Å². The molecule has 8 heteroatoms. The van der Waals surface area contributed by atoms with Gasteiger partial charge in [-0.25, -0.2) is 8.91 Å². The standard InChI is InChI=1S/C21H23FN4O2S/c1-13-18(20(28)23-21-26(13)24-14(2)29-21)9-12-25-10-7-16(8-11-25)19(27)15-3-5-17(22)6-4-15/h3-6,16H,7-12H2,1-2H3. The van der Waals surface area contributed by atoms with Gasteiger partial charge in [0.25, 0.3) is 5.56 Å². The number of aromatic nitrogens is 3. The SMILES string of the molecule is Cc1nn2c(C)c(CCN3CCC(C(=O)c4ccc(F)cc4)CC3)c(=O)nc2s1. The predicted octanol–water partition coefficient (Wildman–Crippen LogP) is 3.04. The smallest absolute Gasteiger partial charge is 0.277 e. The second kappa shape index (κ2) is 8.12. The first-order valence-corrected chi connectivity index (χ1v) is 10.6. The van der Waals surface area contributed by atoms with E-state index in [4.69, 9.17) is 0 Å². The van der Waals surface area contributed by atoms with Crippen molar-refractivity contribution in [2.45, 2.75) is 33.1 Å². The predicted molar refractivity (Wildman–Crippen MR) is 110 cm³/mol. The molecule has 3 aromatic rings. The van der Waals surface area contributed by atoms with Gasteiger partial charge in [-0.2, -0.15) is 10.1 Å². The zero-order valence-corrected chi connectivity index (χ0v) is 17.3. The molecule has 29 heavy (non-hydrogen) atoms. The van der Waals surface area contributed by atoms with Crippen molar-refractivity contribution in [1.29, 1.82) is 0 Å². The molecule has 2 aromatic heterocycles. The summed E-state index contributed by atoms with van der Waals surface area (Å²) in [7, 11) is 0. The fourth-order valence-electron chi connectivity index (χ4n) is 3.93. The molecule has 1 aromatic carbocycles. The van der Waals surface area contributed by atoms with Crippen molar-refractivity contribution in [2.24, 2.45) is 5.92 Å². The normalized spacial score (nSPS) is 15.8. The lowest BCUT2D eigenvalue weighted by molar-refractivity contribution is 0.0841. The Kier molecular flexibility index (Phi) is 5.56. The number of hydrogen-bond acceptors (Lipinski definition) is 6. The minimum Gasteiger partial charge on any atom is -0.303 e. The highest BCUT2D eigenvalue weighted by Gasteiger charge is 2.26. The first-order valence-electron chi connectivity index (χ1n) is 9.80. The number of benzene rings is 1. The first-order chi connectivity index (χ1) is 13.9. The fraction of sp³-hybridized carbons (Fsp3) is 0.429. The Morgan fingerprint density at radius 3 is 2.59 bits per heavy atom. The van der Waals surface area contributed by atoms with E-state index in [0.29, 0.717) is 22.5 Å². The van der Waals surface area contributed by atoms with Gasteiger partial charge in [-0.15, -0.1) is 0 Å². The summed E-state index contributed by atoms with van der Waals surface area (Å²) in [6, 6.07) is 5.78. The molecule has 0 atom stereocenters. The molecule has 6 nitrogen and oxygen atoms in total. The van der Waals surface area contributed by atoms with Crippen LogP contribution in [-0.2, 0) is 6.42 Å². The van der Waals surface area contributed by atoms with Crippen LogP contribution >= 0.6 is 11.3 Å². The lowest BCUT2D eigenvalue weighted by Crippen LogP contribution is -2.38. The molecule has 0 radical (unpaired) electrons. The van der Waals surface area contributed by atoms with Crippen LogP contribution in [0.4, 0.5) is 4.39 Å². The third-order valence-corrected chi connectivity index (χ3v) is 6.46. The number of hydrogen-bond donors (Lipinski definition) is 0.